The summed E-state index contributed by atoms with van der Waals surface area (Å²) < 4.78 is 0. The number of hydrogen-bond acceptors (Lipinski definition) is 4. The molecule has 3 nitrogen and oxygen atoms in total. The largest absolute Gasteiger partial charge is 0.389 e. The van der Waals surface area contributed by atoms with Gasteiger partial charge in [0.2, 0.25) is 0 Å². The Morgan fingerprint density at radius 1 is 1.45 bits per heavy atom. The van der Waals surface area contributed by atoms with E-state index in [2.05, 4.69) is 17.6 Å². The van der Waals surface area contributed by atoms with E-state index >= 15 is 0 Å². The molecule has 3 N–H and O–H groups in total. The van der Waals surface area contributed by atoms with Gasteiger partial charge in [-0.1, -0.05) is 12.2 Å². The van der Waals surface area contributed by atoms with E-state index in [9.17, 15) is 0 Å². The van der Waals surface area contributed by atoms with Gasteiger partial charge < -0.3 is 11.1 Å². The second-order valence-electron chi connectivity index (χ2n) is 5.72. The lowest BCUT2D eigenvalue weighted by Gasteiger charge is -2.17. The number of nitrogens with zero attached hydrogens (tertiary/aromatic N) is 1. The number of thiocarbonyl (C=S) groups is 1. The summed E-state index contributed by atoms with van der Waals surface area (Å²) in [6.45, 7) is 0. The van der Waals surface area contributed by atoms with Gasteiger partial charge in [-0.3, -0.25) is 0 Å². The smallest absolute Gasteiger partial charge is 0.136 e. The molecule has 2 aliphatic carbocycles. The van der Waals surface area contributed by atoms with Crippen LogP contribution >= 0.6 is 24.0 Å². The summed E-state index contributed by atoms with van der Waals surface area (Å²) in [6, 6.07) is 2.66. The highest BCUT2D eigenvalue weighted by Gasteiger charge is 2.26. The van der Waals surface area contributed by atoms with E-state index in [-0.39, 0.29) is 0 Å². The van der Waals surface area contributed by atoms with Gasteiger partial charge in [0.1, 0.15) is 10.8 Å². The molecule has 108 valence electrons. The number of pyridine rings is 1. The van der Waals surface area contributed by atoms with E-state index < -0.39 is 0 Å². The van der Waals surface area contributed by atoms with Crippen LogP contribution in [0, 0.1) is 0 Å². The minimum Gasteiger partial charge on any atom is -0.389 e. The van der Waals surface area contributed by atoms with Crippen molar-refractivity contribution in [3.8, 4) is 0 Å². The third-order valence-electron chi connectivity index (χ3n) is 4.37. The van der Waals surface area contributed by atoms with Crippen molar-refractivity contribution in [1.82, 2.24) is 4.98 Å². The fraction of sp³-hybridized carbons (Fsp3) is 0.600. The van der Waals surface area contributed by atoms with Gasteiger partial charge in [-0.05, 0) is 56.4 Å². The summed E-state index contributed by atoms with van der Waals surface area (Å²) in [5.74, 6) is 0.907. The lowest BCUT2D eigenvalue weighted by Crippen LogP contribution is -2.22. The predicted octanol–water partition coefficient (Wildman–Crippen LogP) is 2.90. The molecule has 1 heterocycles. The molecule has 1 fully saturated rings. The standard InChI is InChI=1S/C15H21N3S2/c1-20-11-6-5-10(8-11)17-15-12(14(16)19)7-9-3-2-4-13(9)18-15/h7,10-11H,2-6,8H2,1H3,(H2,16,19)(H,17,18). The number of rotatable bonds is 4. The summed E-state index contributed by atoms with van der Waals surface area (Å²) in [5, 5.41) is 4.37. The number of hydrogen-bond donors (Lipinski definition) is 2. The Morgan fingerprint density at radius 3 is 3.00 bits per heavy atom. The SMILES string of the molecule is CSC1CCC(Nc2nc3c(cc2C(N)=S)CCC3)C1. The monoisotopic (exact) mass is 307 g/mol. The van der Waals surface area contributed by atoms with E-state index in [0.717, 1.165) is 29.5 Å². The van der Waals surface area contributed by atoms with Gasteiger partial charge in [0.25, 0.3) is 0 Å². The van der Waals surface area contributed by atoms with Crippen molar-refractivity contribution >= 4 is 34.8 Å². The Hall–Kier alpha value is -0.810. The van der Waals surface area contributed by atoms with Crippen LogP contribution in [0.3, 0.4) is 0 Å². The minimum atomic E-state index is 0.453. The van der Waals surface area contributed by atoms with E-state index in [1.807, 2.05) is 11.8 Å². The molecule has 1 aromatic rings. The highest BCUT2D eigenvalue weighted by molar-refractivity contribution is 7.99. The fourth-order valence-corrected chi connectivity index (χ4v) is 4.20. The zero-order chi connectivity index (χ0) is 14.1. The van der Waals surface area contributed by atoms with Gasteiger partial charge in [0.05, 0.1) is 5.56 Å². The minimum absolute atomic E-state index is 0.453. The summed E-state index contributed by atoms with van der Waals surface area (Å²) in [7, 11) is 0. The summed E-state index contributed by atoms with van der Waals surface area (Å²) in [5.41, 5.74) is 9.36. The number of aromatic nitrogens is 1. The second kappa shape index (κ2) is 5.90. The van der Waals surface area contributed by atoms with Gasteiger partial charge in [-0.25, -0.2) is 4.98 Å². The highest BCUT2D eigenvalue weighted by Crippen LogP contribution is 2.32. The van der Waals surface area contributed by atoms with Gasteiger partial charge >= 0.3 is 0 Å². The lowest BCUT2D eigenvalue weighted by molar-refractivity contribution is 0.750. The molecule has 3 rings (SSSR count). The van der Waals surface area contributed by atoms with Crippen LogP contribution in [-0.4, -0.2) is 27.5 Å². The molecule has 0 amide bonds. The molecule has 0 radical (unpaired) electrons. The topological polar surface area (TPSA) is 50.9 Å². The molecular weight excluding hydrogens is 286 g/mol. The van der Waals surface area contributed by atoms with Crippen LogP contribution in [-0.2, 0) is 12.8 Å². The summed E-state index contributed by atoms with van der Waals surface area (Å²) in [6.07, 6.45) is 9.28. The highest BCUT2D eigenvalue weighted by atomic mass is 32.2. The Labute approximate surface area is 130 Å². The Bertz CT molecular complexity index is 530. The van der Waals surface area contributed by atoms with Crippen molar-refractivity contribution in [3.63, 3.8) is 0 Å². The first-order valence-corrected chi connectivity index (χ1v) is 8.99. The van der Waals surface area contributed by atoms with Crippen LogP contribution in [0.15, 0.2) is 6.07 Å². The Morgan fingerprint density at radius 2 is 2.30 bits per heavy atom. The van der Waals surface area contributed by atoms with E-state index in [1.54, 1.807) is 0 Å². The van der Waals surface area contributed by atoms with Crippen molar-refractivity contribution in [2.24, 2.45) is 5.73 Å². The number of anilines is 1. The van der Waals surface area contributed by atoms with E-state index in [4.69, 9.17) is 22.9 Å². The van der Waals surface area contributed by atoms with Crippen LogP contribution in [0.1, 0.15) is 42.5 Å². The number of aryl methyl sites for hydroxylation is 2. The number of fused-ring (bicyclic) bond motifs is 1. The average Bonchev–Trinajstić information content (AvgIpc) is 3.05. The molecule has 2 aliphatic rings. The lowest BCUT2D eigenvalue weighted by atomic mass is 10.1. The summed E-state index contributed by atoms with van der Waals surface area (Å²) in [4.78, 5) is 5.26. The van der Waals surface area contributed by atoms with Gasteiger partial charge in [-0.15, -0.1) is 0 Å². The maximum Gasteiger partial charge on any atom is 0.136 e. The quantitative estimate of drug-likeness (QED) is 0.838. The number of nitrogens with two attached hydrogens (primary N) is 1. The molecule has 1 aromatic heterocycles. The van der Waals surface area contributed by atoms with Crippen LogP contribution in [0.2, 0.25) is 0 Å². The molecule has 0 spiro atoms. The Balaban J connectivity index is 1.83. The number of thioether (sulfide) groups is 1. The molecule has 0 aromatic carbocycles. The molecule has 0 aliphatic heterocycles. The van der Waals surface area contributed by atoms with Crippen LogP contribution in [0.5, 0.6) is 0 Å². The van der Waals surface area contributed by atoms with Crippen molar-refractivity contribution < 1.29 is 0 Å². The normalized spacial score (nSPS) is 24.6. The third-order valence-corrected chi connectivity index (χ3v) is 5.69. The first kappa shape index (κ1) is 14.1. The Kier molecular flexibility index (Phi) is 4.17. The maximum absolute atomic E-state index is 5.88. The van der Waals surface area contributed by atoms with E-state index in [0.29, 0.717) is 11.0 Å². The van der Waals surface area contributed by atoms with Crippen LogP contribution < -0.4 is 11.1 Å². The molecule has 20 heavy (non-hydrogen) atoms. The molecular formula is C15H21N3S2. The van der Waals surface area contributed by atoms with Crippen molar-refractivity contribution in [2.75, 3.05) is 11.6 Å². The van der Waals surface area contributed by atoms with Crippen molar-refractivity contribution in [1.29, 1.82) is 0 Å². The maximum atomic E-state index is 5.88. The second-order valence-corrected chi connectivity index (χ2v) is 7.30. The van der Waals surface area contributed by atoms with Gasteiger partial charge in [-0.2, -0.15) is 11.8 Å². The molecule has 5 heteroatoms. The molecule has 2 atom stereocenters. The van der Waals surface area contributed by atoms with Crippen LogP contribution in [0.4, 0.5) is 5.82 Å². The molecule has 1 saturated carbocycles. The molecule has 0 bridgehead atoms. The van der Waals surface area contributed by atoms with Gasteiger partial charge in [0.15, 0.2) is 0 Å². The van der Waals surface area contributed by atoms with Gasteiger partial charge in [0, 0.05) is 17.0 Å². The van der Waals surface area contributed by atoms with Crippen molar-refractivity contribution in [3.05, 3.63) is 22.9 Å². The fourth-order valence-electron chi connectivity index (χ4n) is 3.25. The molecule has 0 saturated heterocycles. The van der Waals surface area contributed by atoms with Crippen molar-refractivity contribution in [2.45, 2.75) is 49.8 Å². The van der Waals surface area contributed by atoms with E-state index in [1.165, 1.54) is 36.9 Å². The zero-order valence-electron chi connectivity index (χ0n) is 11.8. The first-order chi connectivity index (χ1) is 9.67. The van der Waals surface area contributed by atoms with Crippen LogP contribution in [0.25, 0.3) is 0 Å². The first-order valence-electron chi connectivity index (χ1n) is 7.29. The summed E-state index contributed by atoms with van der Waals surface area (Å²) >= 11 is 7.17. The predicted molar refractivity (Wildman–Crippen MR) is 90.7 cm³/mol. The molecule has 2 unspecified atom stereocenters. The average molecular weight is 307 g/mol. The zero-order valence-corrected chi connectivity index (χ0v) is 13.4. The number of nitrogens with one attached hydrogen (secondary N) is 1. The third kappa shape index (κ3) is 2.79.